The summed E-state index contributed by atoms with van der Waals surface area (Å²) in [5.41, 5.74) is -0.459. The number of esters is 2. The van der Waals surface area contributed by atoms with Crippen molar-refractivity contribution in [3.63, 3.8) is 0 Å². The third-order valence-corrected chi connectivity index (χ3v) is 3.59. The minimum absolute atomic E-state index is 0.0705. The van der Waals surface area contributed by atoms with Crippen LogP contribution in [-0.4, -0.2) is 36.9 Å². The molecule has 0 amide bonds. The van der Waals surface area contributed by atoms with E-state index in [4.69, 9.17) is 14.2 Å². The fourth-order valence-electron chi connectivity index (χ4n) is 2.23. The number of hydrogen-bond acceptors (Lipinski definition) is 5. The van der Waals surface area contributed by atoms with Crippen LogP contribution in [0.5, 0.6) is 0 Å². The summed E-state index contributed by atoms with van der Waals surface area (Å²) in [6, 6.07) is 0. The molecule has 1 atom stereocenters. The van der Waals surface area contributed by atoms with Gasteiger partial charge in [0.1, 0.15) is 6.10 Å². The van der Waals surface area contributed by atoms with Crippen molar-refractivity contribution in [2.24, 2.45) is 0 Å². The van der Waals surface area contributed by atoms with E-state index in [9.17, 15) is 9.59 Å². The van der Waals surface area contributed by atoms with Crippen molar-refractivity contribution in [1.29, 1.82) is 0 Å². The molecule has 0 aliphatic carbocycles. The third kappa shape index (κ3) is 6.18. The molecule has 0 spiro atoms. The highest BCUT2D eigenvalue weighted by Crippen LogP contribution is 2.22. The Morgan fingerprint density at radius 1 is 1.23 bits per heavy atom. The van der Waals surface area contributed by atoms with Crippen LogP contribution in [0.3, 0.4) is 0 Å². The molecule has 0 saturated carbocycles. The van der Waals surface area contributed by atoms with Crippen molar-refractivity contribution < 1.29 is 23.8 Å². The molecule has 0 bridgehead atoms. The maximum atomic E-state index is 11.9. The SMILES string of the molecule is C=C(CC(=O)OC(CCC)CCCC)C(=O)OC1(C)COC1. The number of carbonyl (C=O) groups excluding carboxylic acids is 2. The standard InChI is InChI=1S/C17H28O5/c1-5-7-9-14(8-6-2)21-15(18)10-13(3)16(19)22-17(4)11-20-12-17/h14H,3,5-12H2,1-2,4H3. The lowest BCUT2D eigenvalue weighted by Crippen LogP contribution is -2.50. The number of carbonyl (C=O) groups is 2. The van der Waals surface area contributed by atoms with Gasteiger partial charge in [-0.25, -0.2) is 4.79 Å². The van der Waals surface area contributed by atoms with Crippen molar-refractivity contribution in [2.75, 3.05) is 13.2 Å². The molecular formula is C17H28O5. The topological polar surface area (TPSA) is 61.8 Å². The first kappa shape index (κ1) is 18.7. The van der Waals surface area contributed by atoms with E-state index in [1.165, 1.54) is 0 Å². The van der Waals surface area contributed by atoms with Crippen LogP contribution in [0.1, 0.15) is 59.3 Å². The van der Waals surface area contributed by atoms with Gasteiger partial charge in [-0.05, 0) is 19.8 Å². The van der Waals surface area contributed by atoms with Crippen LogP contribution in [0.2, 0.25) is 0 Å². The lowest BCUT2D eigenvalue weighted by Gasteiger charge is -2.37. The summed E-state index contributed by atoms with van der Waals surface area (Å²) in [6.07, 6.45) is 4.57. The Morgan fingerprint density at radius 2 is 1.91 bits per heavy atom. The molecule has 5 nitrogen and oxygen atoms in total. The predicted octanol–water partition coefficient (Wildman–Crippen LogP) is 3.17. The number of ether oxygens (including phenoxy) is 3. The Labute approximate surface area is 133 Å². The van der Waals surface area contributed by atoms with E-state index in [1.54, 1.807) is 6.92 Å². The zero-order valence-electron chi connectivity index (χ0n) is 14.0. The van der Waals surface area contributed by atoms with Crippen LogP contribution >= 0.6 is 0 Å². The van der Waals surface area contributed by atoms with Gasteiger partial charge >= 0.3 is 11.9 Å². The van der Waals surface area contributed by atoms with Crippen molar-refractivity contribution in [3.8, 4) is 0 Å². The van der Waals surface area contributed by atoms with Crippen LogP contribution < -0.4 is 0 Å². The van der Waals surface area contributed by atoms with Crippen LogP contribution in [0.4, 0.5) is 0 Å². The van der Waals surface area contributed by atoms with Gasteiger partial charge in [-0.15, -0.1) is 0 Å². The van der Waals surface area contributed by atoms with Crippen molar-refractivity contribution in [1.82, 2.24) is 0 Å². The molecule has 0 aromatic heterocycles. The number of rotatable bonds is 10. The molecule has 1 saturated heterocycles. The first-order valence-electron chi connectivity index (χ1n) is 8.08. The molecule has 0 aromatic rings. The van der Waals surface area contributed by atoms with Crippen molar-refractivity contribution in [2.45, 2.75) is 71.0 Å². The quantitative estimate of drug-likeness (QED) is 0.458. The third-order valence-electron chi connectivity index (χ3n) is 3.59. The summed E-state index contributed by atoms with van der Waals surface area (Å²) < 4.78 is 15.8. The molecule has 5 heteroatoms. The first-order chi connectivity index (χ1) is 10.4. The molecular weight excluding hydrogens is 284 g/mol. The Balaban J connectivity index is 2.38. The molecule has 0 aromatic carbocycles. The minimum atomic E-state index is -0.588. The zero-order valence-corrected chi connectivity index (χ0v) is 14.0. The van der Waals surface area contributed by atoms with Crippen LogP contribution in [0.25, 0.3) is 0 Å². The molecule has 0 N–H and O–H groups in total. The van der Waals surface area contributed by atoms with Crippen LogP contribution in [0, 0.1) is 0 Å². The average Bonchev–Trinajstić information content (AvgIpc) is 2.43. The highest BCUT2D eigenvalue weighted by molar-refractivity contribution is 5.93. The normalized spacial score (nSPS) is 17.2. The van der Waals surface area contributed by atoms with Gasteiger partial charge in [0.2, 0.25) is 0 Å². The fourth-order valence-corrected chi connectivity index (χ4v) is 2.23. The van der Waals surface area contributed by atoms with E-state index >= 15 is 0 Å². The van der Waals surface area contributed by atoms with E-state index in [2.05, 4.69) is 20.4 Å². The minimum Gasteiger partial charge on any atom is -0.462 e. The van der Waals surface area contributed by atoms with E-state index < -0.39 is 17.5 Å². The molecule has 1 fully saturated rings. The van der Waals surface area contributed by atoms with Crippen LogP contribution in [-0.2, 0) is 23.8 Å². The summed E-state index contributed by atoms with van der Waals surface area (Å²) in [5, 5.41) is 0. The van der Waals surface area contributed by atoms with Gasteiger partial charge in [-0.2, -0.15) is 0 Å². The van der Waals surface area contributed by atoms with E-state index in [1.807, 2.05) is 0 Å². The summed E-state index contributed by atoms with van der Waals surface area (Å²) in [5.74, 6) is -0.963. The lowest BCUT2D eigenvalue weighted by molar-refractivity contribution is -0.202. The number of unbranched alkanes of at least 4 members (excludes halogenated alkanes) is 1. The molecule has 1 unspecified atom stereocenters. The molecule has 22 heavy (non-hydrogen) atoms. The molecule has 126 valence electrons. The van der Waals surface area contributed by atoms with E-state index in [0.717, 1.165) is 32.1 Å². The second kappa shape index (κ2) is 8.93. The predicted molar refractivity (Wildman–Crippen MR) is 83.4 cm³/mol. The molecule has 1 aliphatic rings. The second-order valence-electron chi connectivity index (χ2n) is 6.16. The Kier molecular flexibility index (Phi) is 7.59. The van der Waals surface area contributed by atoms with Gasteiger partial charge in [0, 0.05) is 5.57 Å². The van der Waals surface area contributed by atoms with Crippen molar-refractivity contribution >= 4 is 11.9 Å². The molecule has 1 rings (SSSR count). The Morgan fingerprint density at radius 3 is 2.41 bits per heavy atom. The molecule has 1 aliphatic heterocycles. The maximum Gasteiger partial charge on any atom is 0.334 e. The first-order valence-corrected chi connectivity index (χ1v) is 8.08. The van der Waals surface area contributed by atoms with Gasteiger partial charge in [0.25, 0.3) is 0 Å². The van der Waals surface area contributed by atoms with E-state index in [0.29, 0.717) is 13.2 Å². The van der Waals surface area contributed by atoms with Gasteiger partial charge in [0.15, 0.2) is 5.60 Å². The van der Waals surface area contributed by atoms with Gasteiger partial charge < -0.3 is 14.2 Å². The summed E-state index contributed by atoms with van der Waals surface area (Å²) >= 11 is 0. The van der Waals surface area contributed by atoms with Gasteiger partial charge in [0.05, 0.1) is 19.6 Å². The van der Waals surface area contributed by atoms with Gasteiger partial charge in [-0.1, -0.05) is 39.7 Å². The second-order valence-corrected chi connectivity index (χ2v) is 6.16. The summed E-state index contributed by atoms with van der Waals surface area (Å²) in [6.45, 7) is 10.4. The summed E-state index contributed by atoms with van der Waals surface area (Å²) in [4.78, 5) is 23.8. The smallest absolute Gasteiger partial charge is 0.334 e. The average molecular weight is 312 g/mol. The monoisotopic (exact) mass is 312 g/mol. The highest BCUT2D eigenvalue weighted by atomic mass is 16.6. The Bertz CT molecular complexity index is 398. The fraction of sp³-hybridized carbons (Fsp3) is 0.765. The van der Waals surface area contributed by atoms with E-state index in [-0.39, 0.29) is 18.1 Å². The molecule has 1 heterocycles. The van der Waals surface area contributed by atoms with Gasteiger partial charge in [-0.3, -0.25) is 4.79 Å². The lowest BCUT2D eigenvalue weighted by atomic mass is 10.1. The maximum absolute atomic E-state index is 11.9. The zero-order chi connectivity index (χ0) is 16.6. The number of hydrogen-bond donors (Lipinski definition) is 0. The molecule has 0 radical (unpaired) electrons. The summed E-state index contributed by atoms with van der Waals surface area (Å²) in [7, 11) is 0. The van der Waals surface area contributed by atoms with Crippen LogP contribution in [0.15, 0.2) is 12.2 Å². The highest BCUT2D eigenvalue weighted by Gasteiger charge is 2.38. The largest absolute Gasteiger partial charge is 0.462 e. The Hall–Kier alpha value is -1.36. The van der Waals surface area contributed by atoms with Crippen molar-refractivity contribution in [3.05, 3.63) is 12.2 Å².